The van der Waals surface area contributed by atoms with Crippen LogP contribution in [-0.4, -0.2) is 9.97 Å². The Labute approximate surface area is 189 Å². The Hall–Kier alpha value is -3.07. The van der Waals surface area contributed by atoms with Crippen molar-refractivity contribution in [3.05, 3.63) is 90.9 Å². The molecule has 0 amide bonds. The molecular weight excluding hydrogens is 430 g/mol. The Morgan fingerprint density at radius 3 is 1.97 bits per heavy atom. The largest absolute Gasteiger partial charge is 0.401 e. The Bertz CT molecular complexity index is 1090. The molecule has 0 saturated carbocycles. The molecule has 0 spiro atoms. The number of nitrogens with zero attached hydrogens (tertiary/aromatic N) is 2. The summed E-state index contributed by atoms with van der Waals surface area (Å²) in [5.74, 6) is 0.861. The molecule has 2 aromatic heterocycles. The van der Waals surface area contributed by atoms with Gasteiger partial charge in [-0.1, -0.05) is 79.0 Å². The highest BCUT2D eigenvalue weighted by Crippen LogP contribution is 2.26. The zero-order chi connectivity index (χ0) is 23.0. The van der Waals surface area contributed by atoms with Gasteiger partial charge in [0.25, 0.3) is 0 Å². The van der Waals surface area contributed by atoms with Gasteiger partial charge in [-0.05, 0) is 29.7 Å². The molecule has 7 nitrogen and oxygen atoms in total. The molecule has 2 heterocycles. The summed E-state index contributed by atoms with van der Waals surface area (Å²) in [5.41, 5.74) is 6.08. The van der Waals surface area contributed by atoms with Gasteiger partial charge in [-0.3, -0.25) is 0 Å². The maximum Gasteiger partial charge on any atom is 0.401 e. The van der Waals surface area contributed by atoms with Crippen molar-refractivity contribution in [3.8, 4) is 28.3 Å². The van der Waals surface area contributed by atoms with Gasteiger partial charge in [-0.25, -0.2) is 23.6 Å². The number of aromatic nitrogens is 3. The zero-order valence-electron chi connectivity index (χ0n) is 17.6. The molecule has 0 unspecified atom stereocenters. The molecule has 2 aromatic carbocycles. The first kappa shape index (κ1) is 23.6. The predicted octanol–water partition coefficient (Wildman–Crippen LogP) is 0.607. The van der Waals surface area contributed by atoms with Crippen LogP contribution in [0.25, 0.3) is 28.3 Å². The lowest BCUT2D eigenvalue weighted by Crippen LogP contribution is -2.68. The third kappa shape index (κ3) is 6.71. The number of aryl methyl sites for hydroxylation is 1. The third-order valence-electron chi connectivity index (χ3n) is 4.80. The Morgan fingerprint density at radius 2 is 1.44 bits per heavy atom. The van der Waals surface area contributed by atoms with Gasteiger partial charge in [-0.15, -0.1) is 10.2 Å². The minimum absolute atomic E-state index is 0.861. The number of unbranched alkanes of at least 4 members (excludes halogenated alkanes) is 1. The van der Waals surface area contributed by atoms with E-state index in [9.17, 15) is 0 Å². The SMILES string of the molecule is CCCCc1cc(-c2ccccc2)cc(-c2ccccc2)[n+]1-c1ncc[nH]1.[O-][Cl+3]([O-])([O-])[O-]. The Kier molecular flexibility index (Phi) is 8.10. The van der Waals surface area contributed by atoms with Crippen molar-refractivity contribution in [2.24, 2.45) is 0 Å². The standard InChI is InChI=1S/C24H24N3.ClHO4/c1-2-3-14-22-17-21(19-10-6-4-7-11-19)18-23(20-12-8-5-9-13-20)27(22)24-25-15-16-26-24;2-1(3,4)5/h4-13,15-18H,2-3,14H2,1H3,(H,25,26);(H,2,3,4,5)/q+1;/p-1. The number of aromatic amines is 1. The molecule has 32 heavy (non-hydrogen) atoms. The molecule has 4 rings (SSSR count). The normalized spacial score (nSPS) is 11.0. The maximum absolute atomic E-state index is 8.49. The van der Waals surface area contributed by atoms with Crippen LogP contribution >= 0.6 is 0 Å². The molecule has 0 atom stereocenters. The summed E-state index contributed by atoms with van der Waals surface area (Å²) in [7, 11) is -4.94. The van der Waals surface area contributed by atoms with Crippen LogP contribution in [0, 0.1) is 10.2 Å². The van der Waals surface area contributed by atoms with E-state index in [4.69, 9.17) is 18.6 Å². The average molecular weight is 454 g/mol. The van der Waals surface area contributed by atoms with Crippen LogP contribution in [-0.2, 0) is 6.42 Å². The number of benzene rings is 2. The zero-order valence-corrected chi connectivity index (χ0v) is 18.4. The van der Waals surface area contributed by atoms with Crippen LogP contribution in [0.5, 0.6) is 0 Å². The van der Waals surface area contributed by atoms with Crippen molar-refractivity contribution < 1.29 is 33.4 Å². The number of halogens is 1. The van der Waals surface area contributed by atoms with Gasteiger partial charge in [-0.2, -0.15) is 4.57 Å². The van der Waals surface area contributed by atoms with E-state index in [1.807, 2.05) is 12.4 Å². The molecule has 0 aliphatic heterocycles. The highest BCUT2D eigenvalue weighted by atomic mass is 35.7. The van der Waals surface area contributed by atoms with Crippen molar-refractivity contribution in [3.63, 3.8) is 0 Å². The Balaban J connectivity index is 0.000000523. The van der Waals surface area contributed by atoms with E-state index in [2.05, 4.69) is 94.3 Å². The lowest BCUT2D eigenvalue weighted by atomic mass is 10.00. The molecule has 0 saturated heterocycles. The molecular formula is C24H24ClN3O4. The monoisotopic (exact) mass is 453 g/mol. The van der Waals surface area contributed by atoms with Crippen molar-refractivity contribution in [1.29, 1.82) is 0 Å². The highest BCUT2D eigenvalue weighted by molar-refractivity contribution is 5.69. The van der Waals surface area contributed by atoms with Gasteiger partial charge >= 0.3 is 5.95 Å². The second-order valence-electron chi connectivity index (χ2n) is 7.08. The van der Waals surface area contributed by atoms with Gasteiger partial charge in [0.1, 0.15) is 11.9 Å². The lowest BCUT2D eigenvalue weighted by molar-refractivity contribution is -2.00. The number of hydrogen-bond acceptors (Lipinski definition) is 5. The third-order valence-corrected chi connectivity index (χ3v) is 4.80. The van der Waals surface area contributed by atoms with E-state index in [1.54, 1.807) is 0 Å². The molecule has 0 bridgehead atoms. The average Bonchev–Trinajstić information content (AvgIpc) is 3.31. The van der Waals surface area contributed by atoms with E-state index < -0.39 is 10.2 Å². The second-order valence-corrected chi connectivity index (χ2v) is 7.84. The van der Waals surface area contributed by atoms with E-state index >= 15 is 0 Å². The minimum Gasteiger partial charge on any atom is -0.245 e. The molecule has 8 heteroatoms. The molecule has 0 radical (unpaired) electrons. The topological polar surface area (TPSA) is 125 Å². The summed E-state index contributed by atoms with van der Waals surface area (Å²) < 4.78 is 36.2. The number of H-pyrrole nitrogens is 1. The van der Waals surface area contributed by atoms with E-state index in [0.29, 0.717) is 0 Å². The summed E-state index contributed by atoms with van der Waals surface area (Å²) in [6.45, 7) is 2.23. The summed E-state index contributed by atoms with van der Waals surface area (Å²) in [5, 5.41) is 0. The van der Waals surface area contributed by atoms with Crippen molar-refractivity contribution in [1.82, 2.24) is 9.97 Å². The van der Waals surface area contributed by atoms with Gasteiger partial charge in [0.05, 0.1) is 11.9 Å². The number of imidazole rings is 1. The molecule has 166 valence electrons. The first-order valence-electron chi connectivity index (χ1n) is 10.2. The number of hydrogen-bond donors (Lipinski definition) is 1. The predicted molar refractivity (Wildman–Crippen MR) is 110 cm³/mol. The fourth-order valence-corrected chi connectivity index (χ4v) is 3.44. The first-order chi connectivity index (χ1) is 15.4. The second kappa shape index (κ2) is 11.0. The maximum atomic E-state index is 8.49. The van der Waals surface area contributed by atoms with Crippen molar-refractivity contribution >= 4 is 0 Å². The van der Waals surface area contributed by atoms with Crippen LogP contribution in [0.1, 0.15) is 25.5 Å². The highest BCUT2D eigenvalue weighted by Gasteiger charge is 2.20. The van der Waals surface area contributed by atoms with Gasteiger partial charge < -0.3 is 0 Å². The van der Waals surface area contributed by atoms with E-state index in [1.165, 1.54) is 22.4 Å². The Morgan fingerprint density at radius 1 is 0.844 bits per heavy atom. The number of rotatable bonds is 6. The summed E-state index contributed by atoms with van der Waals surface area (Å²) in [4.78, 5) is 7.84. The van der Waals surface area contributed by atoms with Crippen LogP contribution < -0.4 is 23.2 Å². The van der Waals surface area contributed by atoms with Crippen LogP contribution in [0.2, 0.25) is 0 Å². The van der Waals surface area contributed by atoms with E-state index in [0.717, 1.165) is 30.9 Å². The minimum atomic E-state index is -4.94. The first-order valence-corrected chi connectivity index (χ1v) is 11.4. The van der Waals surface area contributed by atoms with Gasteiger partial charge in [0.2, 0.25) is 0 Å². The van der Waals surface area contributed by atoms with Crippen LogP contribution in [0.15, 0.2) is 85.2 Å². The van der Waals surface area contributed by atoms with E-state index in [-0.39, 0.29) is 0 Å². The summed E-state index contributed by atoms with van der Waals surface area (Å²) >= 11 is 0. The molecule has 0 aliphatic carbocycles. The van der Waals surface area contributed by atoms with Crippen molar-refractivity contribution in [2.45, 2.75) is 26.2 Å². The van der Waals surface area contributed by atoms with Gasteiger partial charge in [0, 0.05) is 12.0 Å². The fraction of sp³-hybridized carbons (Fsp3) is 0.167. The number of nitrogens with one attached hydrogen (secondary N) is 1. The quantitative estimate of drug-likeness (QED) is 0.428. The molecule has 1 N–H and O–H groups in total. The fourth-order valence-electron chi connectivity index (χ4n) is 3.44. The molecule has 0 fully saturated rings. The smallest absolute Gasteiger partial charge is 0.245 e. The van der Waals surface area contributed by atoms with Crippen LogP contribution in [0.4, 0.5) is 0 Å². The van der Waals surface area contributed by atoms with Crippen molar-refractivity contribution in [2.75, 3.05) is 0 Å². The summed E-state index contributed by atoms with van der Waals surface area (Å²) in [6, 6.07) is 25.7. The lowest BCUT2D eigenvalue weighted by Gasteiger charge is -2.17. The van der Waals surface area contributed by atoms with Gasteiger partial charge in [0.15, 0.2) is 0 Å². The molecule has 4 aromatic rings. The summed E-state index contributed by atoms with van der Waals surface area (Å²) in [6.07, 6.45) is 7.01. The van der Waals surface area contributed by atoms with Crippen LogP contribution in [0.3, 0.4) is 0 Å². The number of pyridine rings is 1. The molecule has 0 aliphatic rings.